The Morgan fingerprint density at radius 2 is 2.41 bits per heavy atom. The molecule has 0 bridgehead atoms. The molecule has 3 rings (SSSR count). The Bertz CT molecular complexity index is 448. The van der Waals surface area contributed by atoms with Crippen LogP contribution in [0.2, 0.25) is 0 Å². The minimum atomic E-state index is 0.122. The van der Waals surface area contributed by atoms with E-state index >= 15 is 0 Å². The van der Waals surface area contributed by atoms with Crippen molar-refractivity contribution in [3.8, 4) is 0 Å². The first kappa shape index (κ1) is 10.4. The topological polar surface area (TPSA) is 71.2 Å². The molecule has 3 heterocycles. The number of amides is 1. The molecule has 90 valence electrons. The van der Waals surface area contributed by atoms with Crippen molar-refractivity contribution in [2.75, 3.05) is 23.7 Å². The minimum Gasteiger partial charge on any atom is -0.396 e. The molecule has 0 saturated carbocycles. The lowest BCUT2D eigenvalue weighted by molar-refractivity contribution is -0.122. The summed E-state index contributed by atoms with van der Waals surface area (Å²) in [6.07, 6.45) is 5.44. The Hall–Kier alpha value is -1.78. The van der Waals surface area contributed by atoms with Crippen LogP contribution in [0.15, 0.2) is 18.5 Å². The third kappa shape index (κ3) is 1.62. The number of nitrogens with zero attached hydrogens (tertiary/aromatic N) is 2. The Balaban J connectivity index is 1.93. The zero-order valence-electron chi connectivity index (χ0n) is 9.60. The maximum Gasteiger partial charge on any atom is 0.225 e. The number of rotatable bonds is 1. The second kappa shape index (κ2) is 3.91. The molecule has 5 nitrogen and oxygen atoms in total. The van der Waals surface area contributed by atoms with Crippen LogP contribution >= 0.6 is 0 Å². The molecule has 0 aromatic carbocycles. The standard InChI is InChI=1S/C12H16N4O/c13-9-6-14-4-3-10(9)16-5-1-2-8-11(16)7-15-12(8)17/h3-4,6,8,11H,1-2,5,7,13H2,(H,15,17). The maximum absolute atomic E-state index is 11.7. The van der Waals surface area contributed by atoms with Crippen molar-refractivity contribution in [2.24, 2.45) is 5.92 Å². The van der Waals surface area contributed by atoms with E-state index in [2.05, 4.69) is 15.2 Å². The number of fused-ring (bicyclic) bond motifs is 1. The maximum atomic E-state index is 11.7. The molecule has 1 aromatic rings. The summed E-state index contributed by atoms with van der Waals surface area (Å²) in [5.74, 6) is 0.309. The normalized spacial score (nSPS) is 27.8. The summed E-state index contributed by atoms with van der Waals surface area (Å²) in [7, 11) is 0. The average Bonchev–Trinajstić information content (AvgIpc) is 2.72. The van der Waals surface area contributed by atoms with Gasteiger partial charge in [-0.15, -0.1) is 0 Å². The number of anilines is 2. The van der Waals surface area contributed by atoms with Crippen molar-refractivity contribution in [2.45, 2.75) is 18.9 Å². The quantitative estimate of drug-likeness (QED) is 0.734. The minimum absolute atomic E-state index is 0.122. The highest BCUT2D eigenvalue weighted by Gasteiger charge is 2.41. The Morgan fingerprint density at radius 1 is 1.53 bits per heavy atom. The SMILES string of the molecule is Nc1cnccc1N1CCCC2C(=O)NCC21. The zero-order chi connectivity index (χ0) is 11.8. The zero-order valence-corrected chi connectivity index (χ0v) is 9.60. The molecule has 17 heavy (non-hydrogen) atoms. The number of nitrogen functional groups attached to an aromatic ring is 1. The monoisotopic (exact) mass is 232 g/mol. The van der Waals surface area contributed by atoms with E-state index in [-0.39, 0.29) is 17.9 Å². The number of hydrogen-bond donors (Lipinski definition) is 2. The van der Waals surface area contributed by atoms with Gasteiger partial charge in [-0.2, -0.15) is 0 Å². The highest BCUT2D eigenvalue weighted by Crippen LogP contribution is 2.33. The number of carbonyl (C=O) groups excluding carboxylic acids is 1. The Morgan fingerprint density at radius 3 is 3.24 bits per heavy atom. The van der Waals surface area contributed by atoms with Crippen LogP contribution in [0.4, 0.5) is 11.4 Å². The van der Waals surface area contributed by atoms with Gasteiger partial charge in [0.15, 0.2) is 0 Å². The Kier molecular flexibility index (Phi) is 2.39. The number of pyridine rings is 1. The highest BCUT2D eigenvalue weighted by molar-refractivity contribution is 5.83. The molecule has 0 spiro atoms. The predicted molar refractivity (Wildman–Crippen MR) is 65.5 cm³/mol. The number of piperidine rings is 1. The average molecular weight is 232 g/mol. The molecule has 0 aliphatic carbocycles. The molecule has 2 atom stereocenters. The molecule has 3 N–H and O–H groups in total. The van der Waals surface area contributed by atoms with Crippen LogP contribution in [0.1, 0.15) is 12.8 Å². The van der Waals surface area contributed by atoms with Crippen molar-refractivity contribution >= 4 is 17.3 Å². The molecule has 2 aliphatic rings. The van der Waals surface area contributed by atoms with Gasteiger partial charge in [0, 0.05) is 19.3 Å². The van der Waals surface area contributed by atoms with E-state index in [4.69, 9.17) is 5.73 Å². The van der Waals surface area contributed by atoms with E-state index in [1.807, 2.05) is 6.07 Å². The van der Waals surface area contributed by atoms with Crippen LogP contribution in [0.5, 0.6) is 0 Å². The molecular weight excluding hydrogens is 216 g/mol. The van der Waals surface area contributed by atoms with Gasteiger partial charge in [0.25, 0.3) is 0 Å². The van der Waals surface area contributed by atoms with Gasteiger partial charge < -0.3 is 16.0 Å². The molecule has 2 aliphatic heterocycles. The number of nitrogens with two attached hydrogens (primary N) is 1. The molecule has 1 aromatic heterocycles. The fourth-order valence-electron chi connectivity index (χ4n) is 2.91. The summed E-state index contributed by atoms with van der Waals surface area (Å²) >= 11 is 0. The van der Waals surface area contributed by atoms with Crippen LogP contribution in [0, 0.1) is 5.92 Å². The summed E-state index contributed by atoms with van der Waals surface area (Å²) in [5.41, 5.74) is 7.65. The van der Waals surface area contributed by atoms with E-state index in [1.165, 1.54) is 0 Å². The number of aromatic nitrogens is 1. The van der Waals surface area contributed by atoms with Crippen molar-refractivity contribution in [1.29, 1.82) is 0 Å². The lowest BCUT2D eigenvalue weighted by atomic mass is 9.91. The smallest absolute Gasteiger partial charge is 0.225 e. The van der Waals surface area contributed by atoms with E-state index in [0.717, 1.165) is 31.6 Å². The van der Waals surface area contributed by atoms with Gasteiger partial charge in [0.1, 0.15) is 0 Å². The van der Waals surface area contributed by atoms with Crippen LogP contribution in [-0.2, 0) is 4.79 Å². The van der Waals surface area contributed by atoms with Crippen molar-refractivity contribution in [1.82, 2.24) is 10.3 Å². The van der Waals surface area contributed by atoms with Crippen molar-refractivity contribution in [3.05, 3.63) is 18.5 Å². The first-order chi connectivity index (χ1) is 8.27. The summed E-state index contributed by atoms with van der Waals surface area (Å²) in [4.78, 5) is 17.9. The molecule has 2 fully saturated rings. The molecule has 1 amide bonds. The van der Waals surface area contributed by atoms with E-state index in [1.54, 1.807) is 12.4 Å². The van der Waals surface area contributed by atoms with E-state index in [0.29, 0.717) is 5.69 Å². The van der Waals surface area contributed by atoms with Crippen molar-refractivity contribution < 1.29 is 4.79 Å². The lowest BCUT2D eigenvalue weighted by Gasteiger charge is -2.38. The summed E-state index contributed by atoms with van der Waals surface area (Å²) in [5, 5.41) is 2.94. The fraction of sp³-hybridized carbons (Fsp3) is 0.500. The number of nitrogens with one attached hydrogen (secondary N) is 1. The van der Waals surface area contributed by atoms with Crippen LogP contribution in [0.3, 0.4) is 0 Å². The molecule has 0 radical (unpaired) electrons. The third-order valence-electron chi connectivity index (χ3n) is 3.74. The number of hydrogen-bond acceptors (Lipinski definition) is 4. The predicted octanol–water partition coefficient (Wildman–Crippen LogP) is 0.379. The summed E-state index contributed by atoms with van der Waals surface area (Å²) in [6.45, 7) is 1.69. The lowest BCUT2D eigenvalue weighted by Crippen LogP contribution is -2.46. The van der Waals surface area contributed by atoms with Gasteiger partial charge in [0.2, 0.25) is 5.91 Å². The van der Waals surface area contributed by atoms with Crippen LogP contribution in [-0.4, -0.2) is 30.0 Å². The van der Waals surface area contributed by atoms with Gasteiger partial charge >= 0.3 is 0 Å². The molecular formula is C12H16N4O. The van der Waals surface area contributed by atoms with Gasteiger partial charge in [-0.1, -0.05) is 0 Å². The van der Waals surface area contributed by atoms with Crippen molar-refractivity contribution in [3.63, 3.8) is 0 Å². The van der Waals surface area contributed by atoms with Gasteiger partial charge in [-0.3, -0.25) is 9.78 Å². The van der Waals surface area contributed by atoms with Gasteiger partial charge in [-0.25, -0.2) is 0 Å². The Labute approximate surface area is 100 Å². The largest absolute Gasteiger partial charge is 0.396 e. The van der Waals surface area contributed by atoms with Crippen LogP contribution < -0.4 is 16.0 Å². The van der Waals surface area contributed by atoms with E-state index in [9.17, 15) is 4.79 Å². The van der Waals surface area contributed by atoms with Gasteiger partial charge in [0.05, 0.1) is 29.5 Å². The second-order valence-electron chi connectivity index (χ2n) is 4.69. The first-order valence-electron chi connectivity index (χ1n) is 6.01. The highest BCUT2D eigenvalue weighted by atomic mass is 16.2. The summed E-state index contributed by atoms with van der Waals surface area (Å²) < 4.78 is 0. The summed E-state index contributed by atoms with van der Waals surface area (Å²) in [6, 6.07) is 2.18. The number of carbonyl (C=O) groups is 1. The first-order valence-corrected chi connectivity index (χ1v) is 6.01. The fourth-order valence-corrected chi connectivity index (χ4v) is 2.91. The van der Waals surface area contributed by atoms with E-state index < -0.39 is 0 Å². The molecule has 2 saturated heterocycles. The van der Waals surface area contributed by atoms with Gasteiger partial charge in [-0.05, 0) is 18.9 Å². The molecule has 5 heteroatoms. The third-order valence-corrected chi connectivity index (χ3v) is 3.74. The second-order valence-corrected chi connectivity index (χ2v) is 4.69. The molecule has 2 unspecified atom stereocenters. The van der Waals surface area contributed by atoms with Crippen LogP contribution in [0.25, 0.3) is 0 Å².